The minimum absolute atomic E-state index is 0.278. The molecule has 0 amide bonds. The smallest absolute Gasteiger partial charge is 0.416 e. The highest BCUT2D eigenvalue weighted by molar-refractivity contribution is 7.80. The third kappa shape index (κ3) is 5.64. The Labute approximate surface area is 195 Å². The number of nitrogens with one attached hydrogen (secondary N) is 1. The lowest BCUT2D eigenvalue weighted by atomic mass is 9.84. The minimum atomic E-state index is -4.44. The van der Waals surface area contributed by atoms with Crippen molar-refractivity contribution in [3.63, 3.8) is 0 Å². The van der Waals surface area contributed by atoms with E-state index in [0.29, 0.717) is 24.0 Å². The number of para-hydroxylation sites is 1. The molecule has 0 atom stereocenters. The Kier molecular flexibility index (Phi) is 6.58. The summed E-state index contributed by atoms with van der Waals surface area (Å²) in [5.41, 5.74) is -0.999. The van der Waals surface area contributed by atoms with Crippen LogP contribution in [0.1, 0.15) is 24.0 Å². The van der Waals surface area contributed by atoms with Crippen LogP contribution in [0.15, 0.2) is 78.9 Å². The normalized spacial score (nSPS) is 15.7. The zero-order valence-electron chi connectivity index (χ0n) is 17.7. The van der Waals surface area contributed by atoms with Crippen LogP contribution in [0.5, 0.6) is 11.5 Å². The number of rotatable bonds is 4. The fourth-order valence-corrected chi connectivity index (χ4v) is 4.09. The Morgan fingerprint density at radius 2 is 1.55 bits per heavy atom. The highest BCUT2D eigenvalue weighted by Crippen LogP contribution is 2.37. The fraction of sp³-hybridized carbons (Fsp3) is 0.240. The third-order valence-electron chi connectivity index (χ3n) is 5.69. The van der Waals surface area contributed by atoms with Crippen LogP contribution in [0.25, 0.3) is 0 Å². The first-order valence-corrected chi connectivity index (χ1v) is 10.9. The first-order valence-electron chi connectivity index (χ1n) is 10.5. The molecule has 2 N–H and O–H groups in total. The molecule has 0 bridgehead atoms. The standard InChI is InChI=1S/C25H23F3N2O2S/c26-25(27,28)19-6-4-5-18(17-19)24(31)13-15-30(16-14-24)23(33)29-20-9-11-22(12-10-20)32-21-7-2-1-3-8-21/h1-12,17,31H,13-16H2,(H,29,33). The molecule has 4 rings (SSSR count). The van der Waals surface area contributed by atoms with Crippen molar-refractivity contribution in [2.75, 3.05) is 18.4 Å². The molecular weight excluding hydrogens is 449 g/mol. The molecular formula is C25H23F3N2O2S. The van der Waals surface area contributed by atoms with Crippen LogP contribution in [0.3, 0.4) is 0 Å². The Bertz CT molecular complexity index is 1100. The average molecular weight is 473 g/mol. The third-order valence-corrected chi connectivity index (χ3v) is 6.05. The number of anilines is 1. The SMILES string of the molecule is OC1(c2cccc(C(F)(F)F)c2)CCN(C(=S)Nc2ccc(Oc3ccccc3)cc2)CC1. The van der Waals surface area contributed by atoms with E-state index in [9.17, 15) is 18.3 Å². The molecule has 0 unspecified atom stereocenters. The van der Waals surface area contributed by atoms with Crippen LogP contribution in [0.2, 0.25) is 0 Å². The summed E-state index contributed by atoms with van der Waals surface area (Å²) in [6, 6.07) is 21.8. The predicted molar refractivity (Wildman–Crippen MR) is 125 cm³/mol. The van der Waals surface area contributed by atoms with E-state index in [-0.39, 0.29) is 18.4 Å². The maximum absolute atomic E-state index is 13.0. The molecule has 8 heteroatoms. The van der Waals surface area contributed by atoms with E-state index in [4.69, 9.17) is 17.0 Å². The second-order valence-corrected chi connectivity index (χ2v) is 8.35. The van der Waals surface area contributed by atoms with E-state index >= 15 is 0 Å². The molecule has 1 saturated heterocycles. The zero-order chi connectivity index (χ0) is 23.5. The van der Waals surface area contributed by atoms with Crippen LogP contribution in [-0.4, -0.2) is 28.2 Å². The molecule has 33 heavy (non-hydrogen) atoms. The van der Waals surface area contributed by atoms with Crippen LogP contribution in [0.4, 0.5) is 18.9 Å². The van der Waals surface area contributed by atoms with Gasteiger partial charge in [0, 0.05) is 18.8 Å². The Morgan fingerprint density at radius 1 is 0.909 bits per heavy atom. The average Bonchev–Trinajstić information content (AvgIpc) is 2.81. The van der Waals surface area contributed by atoms with E-state index < -0.39 is 17.3 Å². The van der Waals surface area contributed by atoms with Crippen LogP contribution < -0.4 is 10.1 Å². The van der Waals surface area contributed by atoms with Crippen molar-refractivity contribution >= 4 is 23.0 Å². The van der Waals surface area contributed by atoms with Gasteiger partial charge in [-0.05, 0) is 79.2 Å². The number of alkyl halides is 3. The van der Waals surface area contributed by atoms with Gasteiger partial charge < -0.3 is 20.1 Å². The van der Waals surface area contributed by atoms with Gasteiger partial charge in [0.25, 0.3) is 0 Å². The predicted octanol–water partition coefficient (Wildman–Crippen LogP) is 6.18. The highest BCUT2D eigenvalue weighted by atomic mass is 32.1. The monoisotopic (exact) mass is 472 g/mol. The summed E-state index contributed by atoms with van der Waals surface area (Å²) in [4.78, 5) is 1.91. The number of likely N-dealkylation sites (tertiary alicyclic amines) is 1. The van der Waals surface area contributed by atoms with Gasteiger partial charge >= 0.3 is 6.18 Å². The summed E-state index contributed by atoms with van der Waals surface area (Å²) < 4.78 is 44.9. The first-order chi connectivity index (χ1) is 15.7. The van der Waals surface area contributed by atoms with Gasteiger partial charge in [-0.2, -0.15) is 13.2 Å². The lowest BCUT2D eigenvalue weighted by Crippen LogP contribution is -2.46. The Morgan fingerprint density at radius 3 is 2.18 bits per heavy atom. The van der Waals surface area contributed by atoms with Crippen molar-refractivity contribution in [1.29, 1.82) is 0 Å². The Balaban J connectivity index is 1.34. The highest BCUT2D eigenvalue weighted by Gasteiger charge is 2.37. The van der Waals surface area contributed by atoms with Gasteiger partial charge in [-0.15, -0.1) is 0 Å². The van der Waals surface area contributed by atoms with E-state index in [2.05, 4.69) is 5.32 Å². The largest absolute Gasteiger partial charge is 0.457 e. The lowest BCUT2D eigenvalue weighted by Gasteiger charge is -2.39. The van der Waals surface area contributed by atoms with Crippen LogP contribution in [0, 0.1) is 0 Å². The summed E-state index contributed by atoms with van der Waals surface area (Å²) in [6.45, 7) is 0.849. The molecule has 0 aliphatic carbocycles. The van der Waals surface area contributed by atoms with Crippen molar-refractivity contribution in [2.24, 2.45) is 0 Å². The molecule has 0 saturated carbocycles. The summed E-state index contributed by atoms with van der Waals surface area (Å²) in [6.07, 6.45) is -3.89. The molecule has 3 aromatic rings. The van der Waals surface area contributed by atoms with E-state index in [1.807, 2.05) is 59.5 Å². The van der Waals surface area contributed by atoms with Crippen molar-refractivity contribution in [3.05, 3.63) is 90.0 Å². The first kappa shape index (κ1) is 23.1. The lowest BCUT2D eigenvalue weighted by molar-refractivity contribution is -0.137. The molecule has 4 nitrogen and oxygen atoms in total. The molecule has 1 fully saturated rings. The van der Waals surface area contributed by atoms with E-state index in [1.165, 1.54) is 6.07 Å². The number of nitrogens with zero attached hydrogens (tertiary/aromatic N) is 1. The summed E-state index contributed by atoms with van der Waals surface area (Å²) in [7, 11) is 0. The molecule has 172 valence electrons. The van der Waals surface area contributed by atoms with Crippen molar-refractivity contribution in [3.8, 4) is 11.5 Å². The minimum Gasteiger partial charge on any atom is -0.457 e. The number of benzene rings is 3. The van der Waals surface area contributed by atoms with Crippen molar-refractivity contribution in [1.82, 2.24) is 4.90 Å². The summed E-state index contributed by atoms with van der Waals surface area (Å²) in [5.74, 6) is 1.44. The van der Waals surface area contributed by atoms with E-state index in [0.717, 1.165) is 23.6 Å². The van der Waals surface area contributed by atoms with Crippen LogP contribution in [-0.2, 0) is 11.8 Å². The summed E-state index contributed by atoms with van der Waals surface area (Å²) >= 11 is 5.51. The molecule has 0 aromatic heterocycles. The van der Waals surface area contributed by atoms with E-state index in [1.54, 1.807) is 6.07 Å². The molecule has 1 aliphatic rings. The van der Waals surface area contributed by atoms with Gasteiger partial charge in [0.15, 0.2) is 5.11 Å². The number of hydrogen-bond donors (Lipinski definition) is 2. The van der Waals surface area contributed by atoms with Crippen molar-refractivity contribution < 1.29 is 23.0 Å². The van der Waals surface area contributed by atoms with Crippen LogP contribution >= 0.6 is 12.2 Å². The van der Waals surface area contributed by atoms with Gasteiger partial charge in [-0.1, -0.05) is 30.3 Å². The fourth-order valence-electron chi connectivity index (χ4n) is 3.79. The molecule has 3 aromatic carbocycles. The number of thiocarbonyl (C=S) groups is 1. The summed E-state index contributed by atoms with van der Waals surface area (Å²) in [5, 5.41) is 14.7. The topological polar surface area (TPSA) is 44.7 Å². The number of piperidine rings is 1. The molecule has 1 aliphatic heterocycles. The number of halogens is 3. The molecule has 0 radical (unpaired) electrons. The maximum Gasteiger partial charge on any atom is 0.416 e. The Hall–Kier alpha value is -3.10. The molecule has 0 spiro atoms. The number of aliphatic hydroxyl groups is 1. The number of ether oxygens (including phenoxy) is 1. The maximum atomic E-state index is 13.0. The quantitative estimate of drug-likeness (QED) is 0.444. The van der Waals surface area contributed by atoms with Gasteiger partial charge in [0.1, 0.15) is 11.5 Å². The van der Waals surface area contributed by atoms with Crippen molar-refractivity contribution in [2.45, 2.75) is 24.6 Å². The second-order valence-electron chi connectivity index (χ2n) is 7.97. The van der Waals surface area contributed by atoms with Gasteiger partial charge in [0.2, 0.25) is 0 Å². The number of hydrogen-bond acceptors (Lipinski definition) is 3. The van der Waals surface area contributed by atoms with Gasteiger partial charge in [0.05, 0.1) is 11.2 Å². The molecule has 1 heterocycles. The second kappa shape index (κ2) is 9.41. The van der Waals surface area contributed by atoms with Gasteiger partial charge in [-0.3, -0.25) is 0 Å². The van der Waals surface area contributed by atoms with Gasteiger partial charge in [-0.25, -0.2) is 0 Å². The zero-order valence-corrected chi connectivity index (χ0v) is 18.5.